The van der Waals surface area contributed by atoms with Crippen molar-refractivity contribution in [2.45, 2.75) is 25.8 Å². The molecule has 0 saturated carbocycles. The number of nitrogens with zero attached hydrogens (tertiary/aromatic N) is 4. The fraction of sp³-hybridized carbons (Fsp3) is 0.357. The summed E-state index contributed by atoms with van der Waals surface area (Å²) < 4.78 is 7.76. The van der Waals surface area contributed by atoms with Gasteiger partial charge >= 0.3 is 0 Å². The Bertz CT molecular complexity index is 1140. The molecule has 0 bridgehead atoms. The molecular weight excluding hydrogens is 440 g/mol. The van der Waals surface area contributed by atoms with Gasteiger partial charge in [0.1, 0.15) is 6.67 Å². The molecule has 1 aliphatic heterocycles. The smallest absolute Gasteiger partial charge is 0.277 e. The molecule has 0 spiro atoms. The van der Waals surface area contributed by atoms with Crippen molar-refractivity contribution in [1.82, 2.24) is 14.5 Å². The first-order valence-corrected chi connectivity index (χ1v) is 12.2. The normalized spacial score (nSPS) is 13.5. The lowest BCUT2D eigenvalue weighted by molar-refractivity contribution is 0.0665. The third-order valence-electron chi connectivity index (χ3n) is 6.21. The van der Waals surface area contributed by atoms with Crippen molar-refractivity contribution < 1.29 is 9.53 Å². The largest absolute Gasteiger partial charge is 0.487 e. The molecule has 2 aromatic carbocycles. The number of unbranched alkanes of at least 4 members (excludes halogenated alkanes) is 1. The monoisotopic (exact) mass is 474 g/mol. The van der Waals surface area contributed by atoms with E-state index < -0.39 is 0 Å². The number of rotatable bonds is 10. The minimum atomic E-state index is -0.272. The maximum absolute atomic E-state index is 13.7. The fourth-order valence-corrected chi connectivity index (χ4v) is 4.34. The molecule has 0 atom stereocenters. The summed E-state index contributed by atoms with van der Waals surface area (Å²) in [4.78, 5) is 30.5. The van der Waals surface area contributed by atoms with Crippen molar-refractivity contribution in [1.29, 1.82) is 0 Å². The van der Waals surface area contributed by atoms with Gasteiger partial charge < -0.3 is 14.5 Å². The predicted molar refractivity (Wildman–Crippen MR) is 139 cm³/mol. The molecule has 184 valence electrons. The van der Waals surface area contributed by atoms with Gasteiger partial charge in [-0.3, -0.25) is 19.3 Å². The maximum Gasteiger partial charge on any atom is 0.277 e. The summed E-state index contributed by atoms with van der Waals surface area (Å²) in [6, 6.07) is 21.8. The molecule has 0 fully saturated rings. The Kier molecular flexibility index (Phi) is 7.87. The summed E-state index contributed by atoms with van der Waals surface area (Å²) >= 11 is 0. The van der Waals surface area contributed by atoms with Gasteiger partial charge in [-0.05, 0) is 31.6 Å². The van der Waals surface area contributed by atoms with Gasteiger partial charge in [0.2, 0.25) is 5.43 Å². The average molecular weight is 475 g/mol. The van der Waals surface area contributed by atoms with Gasteiger partial charge in [0.25, 0.3) is 5.91 Å². The third kappa shape index (κ3) is 5.41. The summed E-state index contributed by atoms with van der Waals surface area (Å²) in [5.74, 6) is -0.0578. The van der Waals surface area contributed by atoms with Crippen molar-refractivity contribution in [2.75, 3.05) is 45.5 Å². The van der Waals surface area contributed by atoms with Crippen molar-refractivity contribution >= 4 is 5.91 Å². The Balaban J connectivity index is 1.87. The fourth-order valence-electron chi connectivity index (χ4n) is 4.34. The molecule has 0 N–H and O–H groups in total. The number of fused-ring (bicyclic) bond motifs is 1. The molecule has 1 aliphatic rings. The number of pyridine rings is 1. The molecule has 0 aliphatic carbocycles. The van der Waals surface area contributed by atoms with Crippen LogP contribution in [0.1, 0.15) is 47.4 Å². The molecule has 4 rings (SSSR count). The van der Waals surface area contributed by atoms with Crippen LogP contribution >= 0.6 is 0 Å². The van der Waals surface area contributed by atoms with Crippen LogP contribution in [0.25, 0.3) is 0 Å². The summed E-state index contributed by atoms with van der Waals surface area (Å²) in [6.45, 7) is 4.09. The van der Waals surface area contributed by atoms with Gasteiger partial charge in [0, 0.05) is 25.4 Å². The topological polar surface area (TPSA) is 58.0 Å². The first-order valence-electron chi connectivity index (χ1n) is 12.2. The number of hydrogen-bond donors (Lipinski definition) is 0. The van der Waals surface area contributed by atoms with Gasteiger partial charge in [0.15, 0.2) is 11.4 Å². The number of amides is 1. The van der Waals surface area contributed by atoms with Crippen LogP contribution in [0.2, 0.25) is 0 Å². The van der Waals surface area contributed by atoms with Crippen molar-refractivity contribution in [3.05, 3.63) is 100.0 Å². The minimum absolute atomic E-state index is 0.130. The lowest BCUT2D eigenvalue weighted by Gasteiger charge is -2.44. The highest BCUT2D eigenvalue weighted by Gasteiger charge is 2.36. The Morgan fingerprint density at radius 2 is 1.57 bits per heavy atom. The second-order valence-electron chi connectivity index (χ2n) is 9.08. The summed E-state index contributed by atoms with van der Waals surface area (Å²) in [5.41, 5.74) is 2.21. The first-order chi connectivity index (χ1) is 17.0. The summed E-state index contributed by atoms with van der Waals surface area (Å²) in [7, 11) is 3.97. The number of carbonyl (C=O) groups excluding carboxylic acids is 1. The molecule has 7 heteroatoms. The Morgan fingerprint density at radius 3 is 2.14 bits per heavy atom. The van der Waals surface area contributed by atoms with E-state index in [0.717, 1.165) is 24.0 Å². The molecule has 7 nitrogen and oxygen atoms in total. The molecule has 3 aromatic rings. The molecular formula is C28H34N4O3. The standard InChI is InChI=1S/C28H34N4O3/c1-4-5-20-35-27-24(33)16-17-31-26(27)28(34)30(19-18-29(2)3)21-32(31)25(22-12-8-6-9-13-22)23-14-10-7-11-15-23/h6-17,25H,4-5,18-21H2,1-3H3. The summed E-state index contributed by atoms with van der Waals surface area (Å²) in [5, 5.41) is 2.14. The molecule has 0 saturated heterocycles. The van der Waals surface area contributed by atoms with Crippen LogP contribution in [0.3, 0.4) is 0 Å². The van der Waals surface area contributed by atoms with Gasteiger partial charge in [-0.1, -0.05) is 74.0 Å². The Hall–Kier alpha value is -3.58. The van der Waals surface area contributed by atoms with E-state index in [2.05, 4.69) is 41.1 Å². The van der Waals surface area contributed by atoms with Crippen LogP contribution in [0.4, 0.5) is 0 Å². The van der Waals surface area contributed by atoms with E-state index in [1.165, 1.54) is 6.07 Å². The SMILES string of the molecule is CCCCOc1c2n(ccc1=O)N(C(c1ccccc1)c1ccccc1)CN(CCN(C)C)C2=O. The van der Waals surface area contributed by atoms with Gasteiger partial charge in [-0.2, -0.15) is 0 Å². The predicted octanol–water partition coefficient (Wildman–Crippen LogP) is 3.73. The molecule has 1 amide bonds. The quantitative estimate of drug-likeness (QED) is 0.419. The number of carbonyl (C=O) groups is 1. The molecule has 1 aromatic heterocycles. The van der Waals surface area contributed by atoms with E-state index in [9.17, 15) is 9.59 Å². The van der Waals surface area contributed by atoms with E-state index in [1.807, 2.05) is 55.2 Å². The number of likely N-dealkylation sites (N-methyl/N-ethyl adjacent to an activating group) is 1. The zero-order chi connectivity index (χ0) is 24.8. The number of ether oxygens (including phenoxy) is 1. The van der Waals surface area contributed by atoms with Gasteiger partial charge in [-0.15, -0.1) is 0 Å². The van der Waals surface area contributed by atoms with Gasteiger partial charge in [0.05, 0.1) is 12.6 Å². The number of benzene rings is 2. The van der Waals surface area contributed by atoms with Crippen LogP contribution in [-0.2, 0) is 0 Å². The second kappa shape index (κ2) is 11.2. The van der Waals surface area contributed by atoms with Crippen molar-refractivity contribution in [2.24, 2.45) is 0 Å². The highest BCUT2D eigenvalue weighted by molar-refractivity contribution is 5.96. The summed E-state index contributed by atoms with van der Waals surface area (Å²) in [6.07, 6.45) is 3.45. The Labute approximate surface area is 207 Å². The van der Waals surface area contributed by atoms with E-state index in [1.54, 1.807) is 11.1 Å². The Morgan fingerprint density at radius 1 is 0.943 bits per heavy atom. The molecule has 35 heavy (non-hydrogen) atoms. The van der Waals surface area contributed by atoms with E-state index in [4.69, 9.17) is 4.74 Å². The van der Waals surface area contributed by atoms with Crippen LogP contribution in [-0.4, -0.2) is 60.8 Å². The van der Waals surface area contributed by atoms with E-state index >= 15 is 0 Å². The highest BCUT2D eigenvalue weighted by Crippen LogP contribution is 2.32. The van der Waals surface area contributed by atoms with Crippen LogP contribution in [0.5, 0.6) is 5.75 Å². The van der Waals surface area contributed by atoms with E-state index in [-0.39, 0.29) is 28.8 Å². The van der Waals surface area contributed by atoms with Crippen molar-refractivity contribution in [3.8, 4) is 5.75 Å². The highest BCUT2D eigenvalue weighted by atomic mass is 16.5. The zero-order valence-electron chi connectivity index (χ0n) is 20.8. The molecule has 2 heterocycles. The average Bonchev–Trinajstić information content (AvgIpc) is 2.87. The first kappa shape index (κ1) is 24.5. The third-order valence-corrected chi connectivity index (χ3v) is 6.21. The van der Waals surface area contributed by atoms with Crippen molar-refractivity contribution in [3.63, 3.8) is 0 Å². The lowest BCUT2D eigenvalue weighted by atomic mass is 9.98. The zero-order valence-corrected chi connectivity index (χ0v) is 20.8. The van der Waals surface area contributed by atoms with Crippen LogP contribution in [0.15, 0.2) is 77.7 Å². The molecule has 0 radical (unpaired) electrons. The van der Waals surface area contributed by atoms with Gasteiger partial charge in [-0.25, -0.2) is 0 Å². The van der Waals surface area contributed by atoms with E-state index in [0.29, 0.717) is 26.4 Å². The minimum Gasteiger partial charge on any atom is -0.487 e. The van der Waals surface area contributed by atoms with Crippen LogP contribution in [0, 0.1) is 0 Å². The second-order valence-corrected chi connectivity index (χ2v) is 9.08. The van der Waals surface area contributed by atoms with Crippen LogP contribution < -0.4 is 15.2 Å². The molecule has 0 unspecified atom stereocenters. The lowest BCUT2D eigenvalue weighted by Crippen LogP contribution is -2.56. The number of aromatic nitrogens is 1. The number of hydrogen-bond acceptors (Lipinski definition) is 5. The maximum atomic E-state index is 13.7.